The maximum absolute atomic E-state index is 11.5. The average Bonchev–Trinajstić information content (AvgIpc) is 2.40. The molecule has 4 nitrogen and oxygen atoms in total. The average molecular weight is 246 g/mol. The number of carbonyl (C=O) groups is 1. The van der Waals surface area contributed by atoms with Crippen molar-refractivity contribution in [1.82, 2.24) is 0 Å². The molecule has 1 fully saturated rings. The van der Waals surface area contributed by atoms with E-state index in [-0.39, 0.29) is 5.91 Å². The molecule has 1 aromatic carbocycles. The van der Waals surface area contributed by atoms with Gasteiger partial charge in [-0.3, -0.25) is 4.79 Å². The summed E-state index contributed by atoms with van der Waals surface area (Å²) < 4.78 is 5.34. The SMILES string of the molecule is C=CC(=O)Nc1cc(C)ccc1N1CCOCC1. The van der Waals surface area contributed by atoms with Crippen molar-refractivity contribution in [2.24, 2.45) is 0 Å². The number of hydrogen-bond donors (Lipinski definition) is 1. The Morgan fingerprint density at radius 1 is 1.44 bits per heavy atom. The van der Waals surface area contributed by atoms with Gasteiger partial charge in [0.15, 0.2) is 0 Å². The highest BCUT2D eigenvalue weighted by Gasteiger charge is 2.15. The molecular weight excluding hydrogens is 228 g/mol. The van der Waals surface area contributed by atoms with Crippen molar-refractivity contribution in [3.8, 4) is 0 Å². The summed E-state index contributed by atoms with van der Waals surface area (Å²) in [4.78, 5) is 13.7. The Balaban J connectivity index is 2.26. The molecule has 2 rings (SSSR count). The molecule has 0 spiro atoms. The van der Waals surface area contributed by atoms with Crippen molar-refractivity contribution in [2.45, 2.75) is 6.92 Å². The molecule has 1 aromatic rings. The summed E-state index contributed by atoms with van der Waals surface area (Å²) >= 11 is 0. The molecule has 0 unspecified atom stereocenters. The monoisotopic (exact) mass is 246 g/mol. The fourth-order valence-corrected chi connectivity index (χ4v) is 2.01. The van der Waals surface area contributed by atoms with Crippen molar-refractivity contribution >= 4 is 17.3 Å². The van der Waals surface area contributed by atoms with Crippen molar-refractivity contribution in [1.29, 1.82) is 0 Å². The third-order valence-electron chi connectivity index (χ3n) is 2.95. The van der Waals surface area contributed by atoms with E-state index in [1.54, 1.807) is 0 Å². The molecule has 0 radical (unpaired) electrons. The number of anilines is 2. The summed E-state index contributed by atoms with van der Waals surface area (Å²) in [7, 11) is 0. The van der Waals surface area contributed by atoms with Crippen LogP contribution >= 0.6 is 0 Å². The molecule has 1 saturated heterocycles. The zero-order valence-corrected chi connectivity index (χ0v) is 10.6. The zero-order chi connectivity index (χ0) is 13.0. The van der Waals surface area contributed by atoms with Crippen molar-refractivity contribution < 1.29 is 9.53 Å². The normalized spacial score (nSPS) is 15.3. The molecule has 4 heteroatoms. The van der Waals surface area contributed by atoms with Crippen LogP contribution in [0.4, 0.5) is 11.4 Å². The molecule has 1 aliphatic heterocycles. The first kappa shape index (κ1) is 12.6. The number of amides is 1. The van der Waals surface area contributed by atoms with Crippen LogP contribution < -0.4 is 10.2 Å². The second-order valence-electron chi connectivity index (χ2n) is 4.31. The number of ether oxygens (including phenoxy) is 1. The summed E-state index contributed by atoms with van der Waals surface area (Å²) in [6.07, 6.45) is 1.28. The third-order valence-corrected chi connectivity index (χ3v) is 2.95. The minimum absolute atomic E-state index is 0.185. The Hall–Kier alpha value is -1.81. The highest BCUT2D eigenvalue weighted by molar-refractivity contribution is 6.01. The van der Waals surface area contributed by atoms with E-state index in [1.807, 2.05) is 25.1 Å². The highest BCUT2D eigenvalue weighted by atomic mass is 16.5. The fourth-order valence-electron chi connectivity index (χ4n) is 2.01. The topological polar surface area (TPSA) is 41.6 Å². The lowest BCUT2D eigenvalue weighted by Gasteiger charge is -2.30. The van der Waals surface area contributed by atoms with Gasteiger partial charge in [-0.05, 0) is 30.7 Å². The summed E-state index contributed by atoms with van der Waals surface area (Å²) in [5.74, 6) is -0.185. The number of carbonyl (C=O) groups excluding carboxylic acids is 1. The third kappa shape index (κ3) is 2.90. The Morgan fingerprint density at radius 3 is 2.83 bits per heavy atom. The van der Waals surface area contributed by atoms with Crippen LogP contribution in [0.15, 0.2) is 30.9 Å². The molecule has 0 aliphatic carbocycles. The minimum Gasteiger partial charge on any atom is -0.378 e. The maximum Gasteiger partial charge on any atom is 0.247 e. The summed E-state index contributed by atoms with van der Waals surface area (Å²) in [6.45, 7) is 8.63. The molecule has 0 bridgehead atoms. The maximum atomic E-state index is 11.5. The smallest absolute Gasteiger partial charge is 0.247 e. The van der Waals surface area contributed by atoms with Crippen LogP contribution in [0.25, 0.3) is 0 Å². The molecule has 0 atom stereocenters. The predicted molar refractivity (Wildman–Crippen MR) is 73.0 cm³/mol. The first-order chi connectivity index (χ1) is 8.70. The first-order valence-corrected chi connectivity index (χ1v) is 6.07. The van der Waals surface area contributed by atoms with Crippen LogP contribution in [0.1, 0.15) is 5.56 Å². The molecule has 1 amide bonds. The van der Waals surface area contributed by atoms with E-state index in [9.17, 15) is 4.79 Å². The lowest BCUT2D eigenvalue weighted by Crippen LogP contribution is -2.36. The quantitative estimate of drug-likeness (QED) is 0.829. The van der Waals surface area contributed by atoms with E-state index in [1.165, 1.54) is 6.08 Å². The molecule has 0 aromatic heterocycles. The van der Waals surface area contributed by atoms with Gasteiger partial charge in [-0.2, -0.15) is 0 Å². The van der Waals surface area contributed by atoms with Gasteiger partial charge in [-0.15, -0.1) is 0 Å². The molecule has 1 heterocycles. The highest BCUT2D eigenvalue weighted by Crippen LogP contribution is 2.27. The van der Waals surface area contributed by atoms with E-state index in [0.29, 0.717) is 0 Å². The van der Waals surface area contributed by atoms with Gasteiger partial charge in [0.2, 0.25) is 5.91 Å². The second-order valence-corrected chi connectivity index (χ2v) is 4.31. The van der Waals surface area contributed by atoms with Crippen molar-refractivity contribution in [3.05, 3.63) is 36.4 Å². The van der Waals surface area contributed by atoms with Crippen LogP contribution in [0.2, 0.25) is 0 Å². The minimum atomic E-state index is -0.185. The van der Waals surface area contributed by atoms with E-state index in [4.69, 9.17) is 4.74 Å². The van der Waals surface area contributed by atoms with Gasteiger partial charge < -0.3 is 15.0 Å². The van der Waals surface area contributed by atoms with Crippen LogP contribution in [-0.4, -0.2) is 32.2 Å². The number of nitrogens with one attached hydrogen (secondary N) is 1. The number of nitrogens with zero attached hydrogens (tertiary/aromatic N) is 1. The number of rotatable bonds is 3. The molecule has 96 valence electrons. The molecular formula is C14H18N2O2. The number of aryl methyl sites for hydroxylation is 1. The fraction of sp³-hybridized carbons (Fsp3) is 0.357. The first-order valence-electron chi connectivity index (χ1n) is 6.07. The summed E-state index contributed by atoms with van der Waals surface area (Å²) in [6, 6.07) is 6.07. The van der Waals surface area contributed by atoms with E-state index >= 15 is 0 Å². The van der Waals surface area contributed by atoms with Gasteiger partial charge in [0.05, 0.1) is 24.6 Å². The van der Waals surface area contributed by atoms with E-state index in [2.05, 4.69) is 16.8 Å². The molecule has 18 heavy (non-hydrogen) atoms. The van der Waals surface area contributed by atoms with Gasteiger partial charge in [0.1, 0.15) is 0 Å². The Bertz CT molecular complexity index is 451. The van der Waals surface area contributed by atoms with Gasteiger partial charge in [-0.1, -0.05) is 12.6 Å². The van der Waals surface area contributed by atoms with Gasteiger partial charge >= 0.3 is 0 Å². The molecule has 1 N–H and O–H groups in total. The molecule has 1 aliphatic rings. The lowest BCUT2D eigenvalue weighted by molar-refractivity contribution is -0.111. The molecule has 0 saturated carbocycles. The Kier molecular flexibility index (Phi) is 3.99. The number of morpholine rings is 1. The second kappa shape index (κ2) is 5.69. The van der Waals surface area contributed by atoms with Gasteiger partial charge in [-0.25, -0.2) is 0 Å². The van der Waals surface area contributed by atoms with Crippen LogP contribution in [-0.2, 0) is 9.53 Å². The van der Waals surface area contributed by atoms with Crippen LogP contribution in [0, 0.1) is 6.92 Å². The van der Waals surface area contributed by atoms with Gasteiger partial charge in [0, 0.05) is 13.1 Å². The van der Waals surface area contributed by atoms with Crippen molar-refractivity contribution in [2.75, 3.05) is 36.5 Å². The Morgan fingerprint density at radius 2 is 2.17 bits per heavy atom. The number of benzene rings is 1. The van der Waals surface area contributed by atoms with Crippen LogP contribution in [0.5, 0.6) is 0 Å². The van der Waals surface area contributed by atoms with E-state index < -0.39 is 0 Å². The predicted octanol–water partition coefficient (Wildman–Crippen LogP) is 1.96. The summed E-state index contributed by atoms with van der Waals surface area (Å²) in [5, 5.41) is 2.86. The van der Waals surface area contributed by atoms with Gasteiger partial charge in [0.25, 0.3) is 0 Å². The Labute approximate surface area is 107 Å². The lowest BCUT2D eigenvalue weighted by atomic mass is 10.1. The van der Waals surface area contributed by atoms with Crippen molar-refractivity contribution in [3.63, 3.8) is 0 Å². The zero-order valence-electron chi connectivity index (χ0n) is 10.6. The van der Waals surface area contributed by atoms with E-state index in [0.717, 1.165) is 43.2 Å². The standard InChI is InChI=1S/C14H18N2O2/c1-3-14(17)15-12-10-11(2)4-5-13(12)16-6-8-18-9-7-16/h3-5,10H,1,6-9H2,2H3,(H,15,17). The van der Waals surface area contributed by atoms with Crippen LogP contribution in [0.3, 0.4) is 0 Å². The number of hydrogen-bond acceptors (Lipinski definition) is 3. The summed E-state index contributed by atoms with van der Waals surface area (Å²) in [5.41, 5.74) is 2.99. The largest absolute Gasteiger partial charge is 0.378 e.